The molecule has 1 aromatic rings. The molecule has 1 aromatic carbocycles. The first-order chi connectivity index (χ1) is 11.7. The Morgan fingerprint density at radius 1 is 1.12 bits per heavy atom. The van der Waals surface area contributed by atoms with Gasteiger partial charge in [0.05, 0.1) is 5.92 Å². The normalized spacial score (nSPS) is 32.2. The summed E-state index contributed by atoms with van der Waals surface area (Å²) < 4.78 is 0. The van der Waals surface area contributed by atoms with E-state index in [1.165, 1.54) is 25.9 Å². The molecule has 0 aromatic heterocycles. The molecule has 0 saturated carbocycles. The van der Waals surface area contributed by atoms with Crippen molar-refractivity contribution in [3.05, 3.63) is 35.9 Å². The van der Waals surface area contributed by atoms with Crippen LogP contribution < -0.4 is 5.32 Å². The lowest BCUT2D eigenvalue weighted by Gasteiger charge is -2.45. The van der Waals surface area contributed by atoms with Crippen LogP contribution in [0.4, 0.5) is 0 Å². The van der Waals surface area contributed by atoms with Gasteiger partial charge in [0.1, 0.15) is 0 Å². The summed E-state index contributed by atoms with van der Waals surface area (Å²) in [5.74, 6) is 0.582. The first kappa shape index (κ1) is 15.6. The van der Waals surface area contributed by atoms with Gasteiger partial charge in [-0.05, 0) is 37.4 Å². The van der Waals surface area contributed by atoms with Crippen LogP contribution >= 0.6 is 0 Å². The Morgan fingerprint density at radius 2 is 1.88 bits per heavy atom. The molecular weight excluding hydrogens is 302 g/mol. The average Bonchev–Trinajstić information content (AvgIpc) is 2.98. The Hall–Kier alpha value is -1.88. The number of piperidine rings is 3. The molecule has 5 nitrogen and oxygen atoms in total. The lowest BCUT2D eigenvalue weighted by molar-refractivity contribution is -0.129. The lowest BCUT2D eigenvalue weighted by atomic mass is 9.84. The standard InChI is InChI=1S/C19H25N3O2/c23-18-10-16(12-22(18)11-14-4-2-1-3-5-14)19(24)20-17-13-21-8-6-15(17)7-9-21/h1-5,15-17H,6-13H2,(H,20,24). The largest absolute Gasteiger partial charge is 0.351 e. The quantitative estimate of drug-likeness (QED) is 0.905. The maximum Gasteiger partial charge on any atom is 0.225 e. The zero-order valence-electron chi connectivity index (χ0n) is 14.0. The van der Waals surface area contributed by atoms with E-state index in [-0.39, 0.29) is 23.8 Å². The van der Waals surface area contributed by atoms with Gasteiger partial charge >= 0.3 is 0 Å². The molecule has 1 N–H and O–H groups in total. The van der Waals surface area contributed by atoms with E-state index < -0.39 is 0 Å². The molecule has 0 aliphatic carbocycles. The number of hydrogen-bond acceptors (Lipinski definition) is 3. The third-order valence-corrected chi connectivity index (χ3v) is 5.79. The fourth-order valence-electron chi connectivity index (χ4n) is 4.33. The molecule has 2 amide bonds. The first-order valence-electron chi connectivity index (χ1n) is 9.03. The van der Waals surface area contributed by atoms with Gasteiger partial charge < -0.3 is 15.1 Å². The molecular formula is C19H25N3O2. The van der Waals surface area contributed by atoms with Crippen LogP contribution in [0.5, 0.6) is 0 Å². The van der Waals surface area contributed by atoms with Gasteiger partial charge in [0.25, 0.3) is 0 Å². The monoisotopic (exact) mass is 327 g/mol. The third kappa shape index (κ3) is 3.18. The molecule has 4 aliphatic rings. The van der Waals surface area contributed by atoms with Crippen LogP contribution in [0.15, 0.2) is 30.3 Å². The van der Waals surface area contributed by atoms with Gasteiger partial charge in [-0.15, -0.1) is 0 Å². The molecule has 0 spiro atoms. The second kappa shape index (κ2) is 6.55. The van der Waals surface area contributed by atoms with E-state index in [0.29, 0.717) is 25.4 Å². The van der Waals surface area contributed by atoms with E-state index in [2.05, 4.69) is 10.2 Å². The van der Waals surface area contributed by atoms with Crippen LogP contribution in [-0.2, 0) is 16.1 Å². The van der Waals surface area contributed by atoms with E-state index in [9.17, 15) is 9.59 Å². The molecule has 128 valence electrons. The first-order valence-corrected chi connectivity index (χ1v) is 9.03. The van der Waals surface area contributed by atoms with E-state index in [4.69, 9.17) is 0 Å². The average molecular weight is 327 g/mol. The summed E-state index contributed by atoms with van der Waals surface area (Å²) in [6, 6.07) is 10.3. The van der Waals surface area contributed by atoms with Crippen molar-refractivity contribution in [3.63, 3.8) is 0 Å². The minimum absolute atomic E-state index is 0.0673. The van der Waals surface area contributed by atoms with Crippen LogP contribution in [0.2, 0.25) is 0 Å². The van der Waals surface area contributed by atoms with Crippen LogP contribution in [0.25, 0.3) is 0 Å². The van der Waals surface area contributed by atoms with Gasteiger partial charge in [-0.3, -0.25) is 9.59 Å². The van der Waals surface area contributed by atoms with Gasteiger partial charge in [-0.1, -0.05) is 30.3 Å². The smallest absolute Gasteiger partial charge is 0.225 e. The van der Waals surface area contributed by atoms with Crippen LogP contribution in [0.3, 0.4) is 0 Å². The number of benzene rings is 1. The highest BCUT2D eigenvalue weighted by atomic mass is 16.2. The van der Waals surface area contributed by atoms with Gasteiger partial charge in [0.2, 0.25) is 11.8 Å². The van der Waals surface area contributed by atoms with Crippen molar-refractivity contribution < 1.29 is 9.59 Å². The highest BCUT2D eigenvalue weighted by Gasteiger charge is 2.39. The Bertz CT molecular complexity index is 610. The molecule has 4 aliphatic heterocycles. The summed E-state index contributed by atoms with van der Waals surface area (Å²) in [5, 5.41) is 3.24. The Balaban J connectivity index is 1.33. The lowest BCUT2D eigenvalue weighted by Crippen LogP contribution is -2.58. The number of nitrogens with one attached hydrogen (secondary N) is 1. The minimum atomic E-state index is -0.198. The van der Waals surface area contributed by atoms with Gasteiger partial charge in [0.15, 0.2) is 0 Å². The highest BCUT2D eigenvalue weighted by molar-refractivity contribution is 5.89. The zero-order valence-corrected chi connectivity index (χ0v) is 14.0. The van der Waals surface area contributed by atoms with Crippen molar-refractivity contribution in [2.75, 3.05) is 26.2 Å². The Labute approximate surface area is 143 Å². The fourth-order valence-corrected chi connectivity index (χ4v) is 4.33. The van der Waals surface area contributed by atoms with E-state index in [1.54, 1.807) is 0 Å². The zero-order chi connectivity index (χ0) is 16.5. The van der Waals surface area contributed by atoms with Crippen LogP contribution in [0, 0.1) is 11.8 Å². The summed E-state index contributed by atoms with van der Waals surface area (Å²) in [5.41, 5.74) is 1.12. The second-order valence-corrected chi connectivity index (χ2v) is 7.41. The number of carbonyl (C=O) groups excluding carboxylic acids is 2. The summed E-state index contributed by atoms with van der Waals surface area (Å²) in [6.45, 7) is 4.46. The predicted molar refractivity (Wildman–Crippen MR) is 91.1 cm³/mol. The topological polar surface area (TPSA) is 52.7 Å². The van der Waals surface area contributed by atoms with Crippen molar-refractivity contribution in [3.8, 4) is 0 Å². The number of rotatable bonds is 4. The molecule has 4 fully saturated rings. The van der Waals surface area contributed by atoms with Gasteiger partial charge in [0, 0.05) is 32.1 Å². The fraction of sp³-hybridized carbons (Fsp3) is 0.579. The number of likely N-dealkylation sites (tertiary alicyclic amines) is 1. The van der Waals surface area contributed by atoms with Gasteiger partial charge in [-0.2, -0.15) is 0 Å². The summed E-state index contributed by atoms with van der Waals surface area (Å²) in [7, 11) is 0. The highest BCUT2D eigenvalue weighted by Crippen LogP contribution is 2.28. The van der Waals surface area contributed by atoms with Crippen molar-refractivity contribution in [2.45, 2.75) is 31.8 Å². The van der Waals surface area contributed by atoms with Crippen molar-refractivity contribution in [1.29, 1.82) is 0 Å². The molecule has 5 rings (SSSR count). The molecule has 24 heavy (non-hydrogen) atoms. The Morgan fingerprint density at radius 3 is 2.54 bits per heavy atom. The predicted octanol–water partition coefficient (Wildman–Crippen LogP) is 1.25. The van der Waals surface area contributed by atoms with Crippen molar-refractivity contribution >= 4 is 11.8 Å². The molecule has 2 bridgehead atoms. The molecule has 4 saturated heterocycles. The third-order valence-electron chi connectivity index (χ3n) is 5.79. The summed E-state index contributed by atoms with van der Waals surface area (Å²) >= 11 is 0. The second-order valence-electron chi connectivity index (χ2n) is 7.41. The molecule has 2 atom stereocenters. The number of amides is 2. The Kier molecular flexibility index (Phi) is 4.27. The van der Waals surface area contributed by atoms with Gasteiger partial charge in [-0.25, -0.2) is 0 Å². The maximum absolute atomic E-state index is 12.6. The maximum atomic E-state index is 12.6. The number of carbonyl (C=O) groups is 2. The van der Waals surface area contributed by atoms with Crippen molar-refractivity contribution in [1.82, 2.24) is 15.1 Å². The summed E-state index contributed by atoms with van der Waals surface area (Å²) in [4.78, 5) is 29.1. The van der Waals surface area contributed by atoms with E-state index in [1.807, 2.05) is 35.2 Å². The number of fused-ring (bicyclic) bond motifs is 3. The number of hydrogen-bond donors (Lipinski definition) is 1. The SMILES string of the molecule is O=C(NC1CN2CCC1CC2)C1CC(=O)N(Cc2ccccc2)C1. The molecule has 0 radical (unpaired) electrons. The van der Waals surface area contributed by atoms with Crippen LogP contribution in [0.1, 0.15) is 24.8 Å². The summed E-state index contributed by atoms with van der Waals surface area (Å²) in [6.07, 6.45) is 2.73. The van der Waals surface area contributed by atoms with E-state index in [0.717, 1.165) is 12.1 Å². The van der Waals surface area contributed by atoms with Crippen LogP contribution in [-0.4, -0.2) is 53.8 Å². The number of nitrogens with zero attached hydrogens (tertiary/aromatic N) is 2. The molecule has 5 heteroatoms. The van der Waals surface area contributed by atoms with E-state index >= 15 is 0 Å². The molecule has 4 heterocycles. The minimum Gasteiger partial charge on any atom is -0.351 e. The van der Waals surface area contributed by atoms with Crippen molar-refractivity contribution in [2.24, 2.45) is 11.8 Å². The molecule has 2 unspecified atom stereocenters.